The Morgan fingerprint density at radius 3 is 2.63 bits per heavy atom. The molecule has 1 aromatic carbocycles. The van der Waals surface area contributed by atoms with Crippen molar-refractivity contribution in [3.05, 3.63) is 71.0 Å². The Hall–Kier alpha value is -2.36. The number of fused-ring (bicyclic) bond motifs is 1. The highest BCUT2D eigenvalue weighted by Gasteiger charge is 2.56. The first kappa shape index (κ1) is 22.3. The summed E-state index contributed by atoms with van der Waals surface area (Å²) in [4.78, 5) is 0. The van der Waals surface area contributed by atoms with E-state index in [0.29, 0.717) is 16.8 Å². The monoisotopic (exact) mass is 426 g/mol. The lowest BCUT2D eigenvalue weighted by Crippen LogP contribution is -2.61. The summed E-state index contributed by atoms with van der Waals surface area (Å²) < 4.78 is 55.4. The van der Waals surface area contributed by atoms with Gasteiger partial charge in [-0.05, 0) is 47.2 Å². The van der Waals surface area contributed by atoms with Crippen molar-refractivity contribution in [2.24, 2.45) is 5.84 Å². The molecule has 5 N–H and O–H groups in total. The van der Waals surface area contributed by atoms with Crippen molar-refractivity contribution in [3.8, 4) is 0 Å². The van der Waals surface area contributed by atoms with Gasteiger partial charge >= 0.3 is 6.18 Å². The third-order valence-electron chi connectivity index (χ3n) is 5.45. The number of hydrogen-bond acceptors (Lipinski definition) is 5. The van der Waals surface area contributed by atoms with Crippen molar-refractivity contribution in [3.63, 3.8) is 0 Å². The molecule has 0 amide bonds. The number of rotatable bonds is 6. The van der Waals surface area contributed by atoms with Crippen LogP contribution in [0.25, 0.3) is 0 Å². The summed E-state index contributed by atoms with van der Waals surface area (Å²) in [7, 11) is 0. The van der Waals surface area contributed by atoms with E-state index >= 15 is 0 Å². The Morgan fingerprint density at radius 1 is 1.27 bits per heavy atom. The van der Waals surface area contributed by atoms with Crippen LogP contribution >= 0.6 is 0 Å². The van der Waals surface area contributed by atoms with E-state index in [1.54, 1.807) is 45.3 Å². The second kappa shape index (κ2) is 7.72. The highest BCUT2D eigenvalue weighted by Crippen LogP contribution is 2.40. The van der Waals surface area contributed by atoms with Crippen molar-refractivity contribution in [1.29, 1.82) is 0 Å². The summed E-state index contributed by atoms with van der Waals surface area (Å²) in [5.74, 6) is 5.12. The van der Waals surface area contributed by atoms with Gasteiger partial charge in [-0.15, -0.1) is 0 Å². The van der Waals surface area contributed by atoms with Crippen LogP contribution in [0.3, 0.4) is 0 Å². The predicted molar refractivity (Wildman–Crippen MR) is 106 cm³/mol. The van der Waals surface area contributed by atoms with Gasteiger partial charge < -0.3 is 10.4 Å². The lowest BCUT2D eigenvalue weighted by atomic mass is 9.75. The Kier molecular flexibility index (Phi) is 5.74. The fourth-order valence-corrected chi connectivity index (χ4v) is 3.96. The number of benzene rings is 1. The molecule has 0 aromatic heterocycles. The van der Waals surface area contributed by atoms with Crippen LogP contribution in [0.15, 0.2) is 54.0 Å². The Balaban J connectivity index is 1.78. The van der Waals surface area contributed by atoms with E-state index in [-0.39, 0.29) is 6.54 Å². The lowest BCUT2D eigenvalue weighted by Gasteiger charge is -2.39. The van der Waals surface area contributed by atoms with Gasteiger partial charge in [0.15, 0.2) is 0 Å². The number of hydrogen-bond donors (Lipinski definition) is 4. The van der Waals surface area contributed by atoms with Crippen LogP contribution in [0.1, 0.15) is 31.4 Å². The van der Waals surface area contributed by atoms with E-state index in [1.807, 2.05) is 0 Å². The highest BCUT2D eigenvalue weighted by molar-refractivity contribution is 5.46. The molecular weight excluding hydrogens is 400 g/mol. The zero-order valence-electron chi connectivity index (χ0n) is 17.0. The quantitative estimate of drug-likeness (QED) is 0.320. The summed E-state index contributed by atoms with van der Waals surface area (Å²) in [5.41, 5.74) is -1.73. The zero-order valence-corrected chi connectivity index (χ0v) is 17.0. The van der Waals surface area contributed by atoms with Crippen molar-refractivity contribution >= 4 is 0 Å². The van der Waals surface area contributed by atoms with E-state index in [9.17, 15) is 22.7 Å². The Bertz CT molecular complexity index is 907. The molecule has 2 atom stereocenters. The molecule has 2 aliphatic rings. The second-order valence-corrected chi connectivity index (χ2v) is 8.44. The van der Waals surface area contributed by atoms with Crippen molar-refractivity contribution in [2.45, 2.75) is 50.6 Å². The van der Waals surface area contributed by atoms with Gasteiger partial charge in [-0.1, -0.05) is 26.0 Å². The van der Waals surface area contributed by atoms with Crippen LogP contribution in [-0.2, 0) is 5.41 Å². The molecule has 2 unspecified atom stereocenters. The molecule has 0 saturated carbocycles. The van der Waals surface area contributed by atoms with Crippen LogP contribution in [0.2, 0.25) is 0 Å². The maximum atomic E-state index is 13.9. The number of nitrogens with two attached hydrogens (primary N) is 1. The van der Waals surface area contributed by atoms with Gasteiger partial charge in [0, 0.05) is 25.4 Å². The summed E-state index contributed by atoms with van der Waals surface area (Å²) in [5, 5.41) is 17.3. The number of aryl methyl sites for hydroxylation is 1. The van der Waals surface area contributed by atoms with E-state index in [4.69, 9.17) is 5.84 Å². The maximum Gasteiger partial charge on any atom is 0.431 e. The fourth-order valence-electron chi connectivity index (χ4n) is 3.96. The Labute approximate surface area is 172 Å². The zero-order chi connectivity index (χ0) is 22.3. The smallest absolute Gasteiger partial charge is 0.376 e. The minimum Gasteiger partial charge on any atom is -0.376 e. The van der Waals surface area contributed by atoms with Crippen LogP contribution in [0.5, 0.6) is 0 Å². The van der Waals surface area contributed by atoms with Gasteiger partial charge in [0.2, 0.25) is 5.72 Å². The molecule has 5 nitrogen and oxygen atoms in total. The first-order valence-corrected chi connectivity index (χ1v) is 9.53. The normalized spacial score (nSPS) is 21.0. The number of hydrazine groups is 1. The molecular formula is C21H26F4N4O. The number of allylic oxidation sites excluding steroid dienone is 1. The van der Waals surface area contributed by atoms with E-state index in [1.165, 1.54) is 23.2 Å². The van der Waals surface area contributed by atoms with E-state index < -0.39 is 35.6 Å². The van der Waals surface area contributed by atoms with Gasteiger partial charge in [-0.3, -0.25) is 10.3 Å². The maximum absolute atomic E-state index is 13.9. The van der Waals surface area contributed by atoms with Crippen molar-refractivity contribution < 1.29 is 22.7 Å². The van der Waals surface area contributed by atoms with E-state index in [2.05, 4.69) is 10.6 Å². The van der Waals surface area contributed by atoms with Crippen molar-refractivity contribution in [1.82, 2.24) is 15.6 Å². The third kappa shape index (κ3) is 4.53. The SMILES string of the molecule is Cc1ccc(F)cc1C(C)(C)CC(O)(NCC1C=C2C=CN(N)C=C2N1)C(F)(F)F. The molecule has 2 heterocycles. The standard InChI is InChI=1S/C21H26F4N4O/c1-13-4-5-15(22)9-17(13)19(2,3)12-20(30,21(23,24)25)27-10-16-8-14-6-7-29(26)11-18(14)28-16/h4-9,11,16,27-28,30H,10,12,26H2,1-3H3. The summed E-state index contributed by atoms with van der Waals surface area (Å²) in [6, 6.07) is 3.53. The predicted octanol–water partition coefficient (Wildman–Crippen LogP) is 3.08. The summed E-state index contributed by atoms with van der Waals surface area (Å²) in [6.07, 6.45) is 1.14. The minimum absolute atomic E-state index is 0.173. The molecule has 0 fully saturated rings. The van der Waals surface area contributed by atoms with Crippen LogP contribution in [-0.4, -0.2) is 34.6 Å². The molecule has 164 valence electrons. The number of nitrogens with one attached hydrogen (secondary N) is 2. The van der Waals surface area contributed by atoms with Crippen LogP contribution < -0.4 is 16.5 Å². The molecule has 0 saturated heterocycles. The number of aliphatic hydroxyl groups is 1. The molecule has 0 spiro atoms. The topological polar surface area (TPSA) is 73.5 Å². The fraction of sp³-hybridized carbons (Fsp3) is 0.429. The average molecular weight is 426 g/mol. The molecule has 0 aliphatic carbocycles. The largest absolute Gasteiger partial charge is 0.431 e. The van der Waals surface area contributed by atoms with Gasteiger partial charge in [0.05, 0.1) is 11.7 Å². The summed E-state index contributed by atoms with van der Waals surface area (Å²) in [6.45, 7) is 4.65. The molecule has 0 radical (unpaired) electrons. The highest BCUT2D eigenvalue weighted by atomic mass is 19.4. The van der Waals surface area contributed by atoms with Crippen LogP contribution in [0, 0.1) is 12.7 Å². The first-order valence-electron chi connectivity index (χ1n) is 9.53. The van der Waals surface area contributed by atoms with Crippen LogP contribution in [0.4, 0.5) is 17.6 Å². The summed E-state index contributed by atoms with van der Waals surface area (Å²) >= 11 is 0. The Morgan fingerprint density at radius 2 is 1.97 bits per heavy atom. The van der Waals surface area contributed by atoms with Gasteiger partial charge in [0.25, 0.3) is 0 Å². The third-order valence-corrected chi connectivity index (χ3v) is 5.45. The molecule has 3 rings (SSSR count). The second-order valence-electron chi connectivity index (χ2n) is 8.44. The molecule has 2 aliphatic heterocycles. The number of halogens is 4. The van der Waals surface area contributed by atoms with E-state index in [0.717, 1.165) is 5.57 Å². The van der Waals surface area contributed by atoms with Gasteiger partial charge in [-0.25, -0.2) is 10.2 Å². The van der Waals surface area contributed by atoms with Gasteiger partial charge in [0.1, 0.15) is 5.82 Å². The molecule has 1 aromatic rings. The molecule has 0 bridgehead atoms. The van der Waals surface area contributed by atoms with Gasteiger partial charge in [-0.2, -0.15) is 13.2 Å². The first-order chi connectivity index (χ1) is 13.8. The number of nitrogens with zero attached hydrogens (tertiary/aromatic N) is 1. The van der Waals surface area contributed by atoms with Crippen molar-refractivity contribution in [2.75, 3.05) is 6.54 Å². The number of alkyl halides is 3. The molecule has 30 heavy (non-hydrogen) atoms. The lowest BCUT2D eigenvalue weighted by molar-refractivity contribution is -0.279. The molecule has 9 heteroatoms. The minimum atomic E-state index is -4.93. The average Bonchev–Trinajstić information content (AvgIpc) is 3.02.